The first kappa shape index (κ1) is 33.5. The maximum absolute atomic E-state index is 14.6. The van der Waals surface area contributed by atoms with Crippen LogP contribution in [0.1, 0.15) is 48.9 Å². The minimum absolute atomic E-state index is 0.0899. The van der Waals surface area contributed by atoms with Crippen molar-refractivity contribution in [3.63, 3.8) is 0 Å². The third kappa shape index (κ3) is 8.82. The van der Waals surface area contributed by atoms with Crippen molar-refractivity contribution in [2.75, 3.05) is 17.4 Å². The molecule has 1 unspecified atom stereocenters. The molecule has 0 spiro atoms. The highest BCUT2D eigenvalue weighted by Gasteiger charge is 2.35. The molecule has 0 radical (unpaired) electrons. The number of nitrogens with one attached hydrogen (secondary N) is 1. The van der Waals surface area contributed by atoms with E-state index in [9.17, 15) is 18.0 Å². The van der Waals surface area contributed by atoms with Gasteiger partial charge in [-0.15, -0.1) is 0 Å². The second-order valence-corrected chi connectivity index (χ2v) is 13.0. The predicted molar refractivity (Wildman–Crippen MR) is 180 cm³/mol. The number of aryl methyl sites for hydroxylation is 2. The molecule has 0 heterocycles. The van der Waals surface area contributed by atoms with Crippen LogP contribution < -0.4 is 9.62 Å². The molecule has 1 atom stereocenters. The summed E-state index contributed by atoms with van der Waals surface area (Å²) in [5.41, 5.74) is 4.03. The fraction of sp³-hybridized carbons (Fsp3) is 0.297. The summed E-state index contributed by atoms with van der Waals surface area (Å²) in [6.45, 7) is 6.16. The molecule has 2 amide bonds. The summed E-state index contributed by atoms with van der Waals surface area (Å²) in [5, 5.41) is 3.03. The maximum atomic E-state index is 14.6. The summed E-state index contributed by atoms with van der Waals surface area (Å²) >= 11 is 0. The standard InChI is InChI=1S/C37H43N3O4S/c1-4-6-24-38-37(42)35(26-30-17-9-7-10-18-30)39(27-31-19-15-16-29(3)25-31)36(41)28-40(34-23-14-13-20-32(34)5-2)45(43,44)33-21-11-8-12-22-33/h7-23,25,35H,4-6,24,26-28H2,1-3H3,(H,38,42). The Bertz CT molecular complexity index is 1660. The number of rotatable bonds is 15. The lowest BCUT2D eigenvalue weighted by Crippen LogP contribution is -2.53. The summed E-state index contributed by atoms with van der Waals surface area (Å²) in [4.78, 5) is 30.1. The topological polar surface area (TPSA) is 86.8 Å². The highest BCUT2D eigenvalue weighted by atomic mass is 32.2. The fourth-order valence-electron chi connectivity index (χ4n) is 5.35. The minimum atomic E-state index is -4.13. The van der Waals surface area contributed by atoms with E-state index in [2.05, 4.69) is 12.2 Å². The van der Waals surface area contributed by atoms with Gasteiger partial charge in [-0.1, -0.05) is 117 Å². The molecule has 0 aliphatic heterocycles. The number of unbranched alkanes of at least 4 members (excludes halogenated alkanes) is 1. The smallest absolute Gasteiger partial charge is 0.264 e. The Balaban J connectivity index is 1.81. The van der Waals surface area contributed by atoms with E-state index in [4.69, 9.17) is 0 Å². The number of hydrogen-bond acceptors (Lipinski definition) is 4. The number of benzene rings is 4. The normalized spacial score (nSPS) is 11.9. The summed E-state index contributed by atoms with van der Waals surface area (Å²) in [7, 11) is -4.13. The molecule has 0 saturated heterocycles. The van der Waals surface area contributed by atoms with Crippen LogP contribution in [0.4, 0.5) is 5.69 Å². The van der Waals surface area contributed by atoms with E-state index < -0.39 is 28.5 Å². The molecule has 236 valence electrons. The zero-order valence-electron chi connectivity index (χ0n) is 26.4. The van der Waals surface area contributed by atoms with Gasteiger partial charge in [0.1, 0.15) is 12.6 Å². The third-order valence-corrected chi connectivity index (χ3v) is 9.56. The zero-order chi connectivity index (χ0) is 32.2. The highest BCUT2D eigenvalue weighted by molar-refractivity contribution is 7.92. The number of sulfonamides is 1. The molecule has 0 saturated carbocycles. The molecule has 0 fully saturated rings. The van der Waals surface area contributed by atoms with Gasteiger partial charge in [-0.05, 0) is 54.7 Å². The summed E-state index contributed by atoms with van der Waals surface area (Å²) < 4.78 is 29.6. The molecule has 8 heteroatoms. The largest absolute Gasteiger partial charge is 0.354 e. The first-order chi connectivity index (χ1) is 21.7. The molecule has 1 N–H and O–H groups in total. The Labute approximate surface area is 268 Å². The Morgan fingerprint density at radius 2 is 1.44 bits per heavy atom. The van der Waals surface area contributed by atoms with E-state index in [0.717, 1.165) is 35.1 Å². The van der Waals surface area contributed by atoms with E-state index in [0.29, 0.717) is 18.7 Å². The Kier molecular flexibility index (Phi) is 11.9. The van der Waals surface area contributed by atoms with Crippen LogP contribution in [0, 0.1) is 6.92 Å². The second-order valence-electron chi connectivity index (χ2n) is 11.2. The molecule has 0 bridgehead atoms. The zero-order valence-corrected chi connectivity index (χ0v) is 27.2. The van der Waals surface area contributed by atoms with Crippen LogP contribution in [-0.2, 0) is 39.0 Å². The second kappa shape index (κ2) is 16.0. The van der Waals surface area contributed by atoms with Gasteiger partial charge in [0.05, 0.1) is 10.6 Å². The summed E-state index contributed by atoms with van der Waals surface area (Å²) in [6, 6.07) is 31.9. The molecular weight excluding hydrogens is 582 g/mol. The third-order valence-electron chi connectivity index (χ3n) is 7.79. The van der Waals surface area contributed by atoms with Crippen molar-refractivity contribution in [1.82, 2.24) is 10.2 Å². The van der Waals surface area contributed by atoms with Gasteiger partial charge in [0.15, 0.2) is 0 Å². The molecule has 4 aromatic carbocycles. The van der Waals surface area contributed by atoms with Crippen molar-refractivity contribution < 1.29 is 18.0 Å². The number of carbonyl (C=O) groups is 2. The van der Waals surface area contributed by atoms with E-state index in [-0.39, 0.29) is 23.8 Å². The van der Waals surface area contributed by atoms with Crippen molar-refractivity contribution in [3.8, 4) is 0 Å². The van der Waals surface area contributed by atoms with Crippen LogP contribution in [0.25, 0.3) is 0 Å². The predicted octanol–water partition coefficient (Wildman–Crippen LogP) is 6.31. The SMILES string of the molecule is CCCCNC(=O)C(Cc1ccccc1)N(Cc1cccc(C)c1)C(=O)CN(c1ccccc1CC)S(=O)(=O)c1ccccc1. The molecule has 4 aromatic rings. The number of nitrogens with zero attached hydrogens (tertiary/aromatic N) is 2. The molecule has 0 aromatic heterocycles. The summed E-state index contributed by atoms with van der Waals surface area (Å²) in [6.07, 6.45) is 2.59. The van der Waals surface area contributed by atoms with Crippen LogP contribution in [0.15, 0.2) is 114 Å². The number of anilines is 1. The lowest BCUT2D eigenvalue weighted by atomic mass is 10.0. The van der Waals surface area contributed by atoms with E-state index in [1.54, 1.807) is 35.2 Å². The van der Waals surface area contributed by atoms with Crippen LogP contribution >= 0.6 is 0 Å². The number of amides is 2. The summed E-state index contributed by atoms with van der Waals surface area (Å²) in [5.74, 6) is -0.728. The Morgan fingerprint density at radius 1 is 0.800 bits per heavy atom. The number of para-hydroxylation sites is 1. The van der Waals surface area contributed by atoms with Gasteiger partial charge < -0.3 is 10.2 Å². The lowest BCUT2D eigenvalue weighted by molar-refractivity contribution is -0.140. The van der Waals surface area contributed by atoms with Crippen molar-refractivity contribution >= 4 is 27.5 Å². The molecule has 45 heavy (non-hydrogen) atoms. The Morgan fingerprint density at radius 3 is 2.11 bits per heavy atom. The van der Waals surface area contributed by atoms with Crippen molar-refractivity contribution in [1.29, 1.82) is 0 Å². The van der Waals surface area contributed by atoms with Crippen LogP contribution in [0.2, 0.25) is 0 Å². The molecule has 7 nitrogen and oxygen atoms in total. The first-order valence-corrected chi connectivity index (χ1v) is 17.0. The Hall–Kier alpha value is -4.43. The maximum Gasteiger partial charge on any atom is 0.264 e. The molecule has 0 aliphatic carbocycles. The monoisotopic (exact) mass is 625 g/mol. The van der Waals surface area contributed by atoms with Crippen LogP contribution in [0.5, 0.6) is 0 Å². The molecular formula is C37H43N3O4S. The van der Waals surface area contributed by atoms with Gasteiger partial charge in [-0.25, -0.2) is 8.42 Å². The first-order valence-electron chi connectivity index (χ1n) is 15.6. The van der Waals surface area contributed by atoms with Crippen LogP contribution in [-0.4, -0.2) is 44.3 Å². The number of hydrogen-bond donors (Lipinski definition) is 1. The van der Waals surface area contributed by atoms with Gasteiger partial charge in [-0.3, -0.25) is 13.9 Å². The fourth-order valence-corrected chi connectivity index (χ4v) is 6.83. The highest BCUT2D eigenvalue weighted by Crippen LogP contribution is 2.28. The van der Waals surface area contributed by atoms with Crippen LogP contribution in [0.3, 0.4) is 0 Å². The average Bonchev–Trinajstić information content (AvgIpc) is 3.06. The van der Waals surface area contributed by atoms with Crippen molar-refractivity contribution in [2.45, 2.75) is 63.9 Å². The number of carbonyl (C=O) groups excluding carboxylic acids is 2. The van der Waals surface area contributed by atoms with Gasteiger partial charge in [0.25, 0.3) is 10.0 Å². The van der Waals surface area contributed by atoms with Crippen molar-refractivity contribution in [3.05, 3.63) is 131 Å². The lowest BCUT2D eigenvalue weighted by Gasteiger charge is -2.34. The van der Waals surface area contributed by atoms with Crippen molar-refractivity contribution in [2.24, 2.45) is 0 Å². The van der Waals surface area contributed by atoms with E-state index in [1.807, 2.05) is 80.6 Å². The van der Waals surface area contributed by atoms with E-state index >= 15 is 0 Å². The van der Waals surface area contributed by atoms with E-state index in [1.165, 1.54) is 16.4 Å². The van der Waals surface area contributed by atoms with Gasteiger partial charge in [0.2, 0.25) is 11.8 Å². The molecule has 4 rings (SSSR count). The minimum Gasteiger partial charge on any atom is -0.354 e. The van der Waals surface area contributed by atoms with Gasteiger partial charge in [0, 0.05) is 19.5 Å². The molecule has 0 aliphatic rings. The van der Waals surface area contributed by atoms with Gasteiger partial charge >= 0.3 is 0 Å². The quantitative estimate of drug-likeness (QED) is 0.157. The average molecular weight is 626 g/mol. The van der Waals surface area contributed by atoms with Gasteiger partial charge in [-0.2, -0.15) is 0 Å².